The van der Waals surface area contributed by atoms with Crippen LogP contribution in [0.1, 0.15) is 18.2 Å². The second kappa shape index (κ2) is 5.89. The monoisotopic (exact) mass is 277 g/mol. The first-order chi connectivity index (χ1) is 9.11. The van der Waals surface area contributed by atoms with Crippen molar-refractivity contribution < 1.29 is 0 Å². The van der Waals surface area contributed by atoms with E-state index in [9.17, 15) is 4.79 Å². The van der Waals surface area contributed by atoms with Gasteiger partial charge in [0.1, 0.15) is 5.82 Å². The smallest absolute Gasteiger partial charge is 0.253 e. The molecule has 0 aliphatic rings. The minimum absolute atomic E-state index is 0.0192. The van der Waals surface area contributed by atoms with Crippen molar-refractivity contribution in [1.82, 2.24) is 9.55 Å². The third-order valence-electron chi connectivity index (χ3n) is 2.81. The van der Waals surface area contributed by atoms with Gasteiger partial charge in [-0.3, -0.25) is 4.79 Å². The van der Waals surface area contributed by atoms with Crippen molar-refractivity contribution in [1.29, 1.82) is 0 Å². The Morgan fingerprint density at radius 1 is 1.37 bits per heavy atom. The molecule has 2 aromatic rings. The van der Waals surface area contributed by atoms with E-state index in [1.54, 1.807) is 29.8 Å². The summed E-state index contributed by atoms with van der Waals surface area (Å²) in [7, 11) is 0. The molecule has 1 N–H and O–H groups in total. The van der Waals surface area contributed by atoms with Crippen molar-refractivity contribution >= 4 is 17.4 Å². The molecule has 19 heavy (non-hydrogen) atoms. The van der Waals surface area contributed by atoms with Crippen LogP contribution in [0.4, 0.5) is 5.82 Å². The number of nitrogens with zero attached hydrogens (tertiary/aromatic N) is 2. The number of hydrogen-bond donors (Lipinski definition) is 1. The van der Waals surface area contributed by atoms with E-state index in [1.807, 2.05) is 19.1 Å². The van der Waals surface area contributed by atoms with Crippen molar-refractivity contribution in [2.75, 3.05) is 11.9 Å². The minimum atomic E-state index is -0.0192. The van der Waals surface area contributed by atoms with Gasteiger partial charge in [0.05, 0.1) is 17.3 Å². The van der Waals surface area contributed by atoms with E-state index >= 15 is 0 Å². The molecule has 0 radical (unpaired) electrons. The van der Waals surface area contributed by atoms with E-state index in [0.29, 0.717) is 22.8 Å². The summed E-state index contributed by atoms with van der Waals surface area (Å²) in [5.41, 5.74) is 1.38. The van der Waals surface area contributed by atoms with Crippen molar-refractivity contribution in [2.45, 2.75) is 20.4 Å². The van der Waals surface area contributed by atoms with E-state index in [2.05, 4.69) is 10.3 Å². The van der Waals surface area contributed by atoms with Gasteiger partial charge in [-0.2, -0.15) is 0 Å². The average Bonchev–Trinajstić information content (AvgIpc) is 2.39. The molecule has 4 nitrogen and oxygen atoms in total. The lowest BCUT2D eigenvalue weighted by Gasteiger charge is -2.10. The van der Waals surface area contributed by atoms with E-state index < -0.39 is 0 Å². The van der Waals surface area contributed by atoms with Gasteiger partial charge < -0.3 is 9.88 Å². The van der Waals surface area contributed by atoms with Gasteiger partial charge >= 0.3 is 0 Å². The Bertz CT molecular complexity index is 637. The first kappa shape index (κ1) is 13.6. The normalized spacial score (nSPS) is 10.5. The van der Waals surface area contributed by atoms with Gasteiger partial charge in [-0.05, 0) is 32.0 Å². The molecule has 0 unspecified atom stereocenters. The first-order valence-electron chi connectivity index (χ1n) is 6.17. The van der Waals surface area contributed by atoms with Gasteiger partial charge in [-0.15, -0.1) is 0 Å². The highest BCUT2D eigenvalue weighted by molar-refractivity contribution is 6.31. The highest BCUT2D eigenvalue weighted by Gasteiger charge is 2.06. The molecule has 0 spiro atoms. The Morgan fingerprint density at radius 3 is 2.89 bits per heavy atom. The Hall–Kier alpha value is -1.81. The van der Waals surface area contributed by atoms with E-state index in [4.69, 9.17) is 11.6 Å². The molecule has 0 saturated heterocycles. The second-order valence-electron chi connectivity index (χ2n) is 4.28. The van der Waals surface area contributed by atoms with Crippen LogP contribution in [-0.4, -0.2) is 16.1 Å². The highest BCUT2D eigenvalue weighted by atomic mass is 35.5. The van der Waals surface area contributed by atoms with Crippen molar-refractivity contribution in [2.24, 2.45) is 0 Å². The first-order valence-corrected chi connectivity index (χ1v) is 6.55. The lowest BCUT2D eigenvalue weighted by Crippen LogP contribution is -2.22. The predicted molar refractivity (Wildman–Crippen MR) is 78.0 cm³/mol. The summed E-state index contributed by atoms with van der Waals surface area (Å²) in [6.45, 7) is 4.96. The number of pyridine rings is 2. The van der Waals surface area contributed by atoms with Gasteiger partial charge in [-0.25, -0.2) is 4.98 Å². The van der Waals surface area contributed by atoms with Crippen LogP contribution in [0, 0.1) is 6.92 Å². The summed E-state index contributed by atoms with van der Waals surface area (Å²) in [6.07, 6.45) is 1.74. The number of hydrogen-bond acceptors (Lipinski definition) is 3. The topological polar surface area (TPSA) is 46.9 Å². The number of nitrogens with one attached hydrogen (secondary N) is 1. The second-order valence-corrected chi connectivity index (χ2v) is 4.69. The largest absolute Gasteiger partial charge is 0.370 e. The zero-order chi connectivity index (χ0) is 13.8. The van der Waals surface area contributed by atoms with Crippen LogP contribution in [0.2, 0.25) is 5.02 Å². The number of halogens is 1. The molecular formula is C14H16ClN3O. The van der Waals surface area contributed by atoms with E-state index in [1.165, 1.54) is 0 Å². The average molecular weight is 278 g/mol. The molecule has 0 bridgehead atoms. The Morgan fingerprint density at radius 2 is 2.16 bits per heavy atom. The molecule has 100 valence electrons. The summed E-state index contributed by atoms with van der Waals surface area (Å²) in [6, 6.07) is 7.26. The van der Waals surface area contributed by atoms with Crippen molar-refractivity contribution in [3.8, 4) is 0 Å². The Labute approximate surface area is 117 Å². The highest BCUT2D eigenvalue weighted by Crippen LogP contribution is 2.17. The van der Waals surface area contributed by atoms with Crippen LogP contribution in [-0.2, 0) is 6.54 Å². The van der Waals surface area contributed by atoms with Crippen LogP contribution in [0.3, 0.4) is 0 Å². The maximum atomic E-state index is 12.0. The standard InChI is InChI=1S/C14H16ClN3O/c1-3-16-13-7-6-11(15)12(17-13)9-18-8-4-5-10(2)14(18)19/h4-8H,3,9H2,1-2H3,(H,16,17). The quantitative estimate of drug-likeness (QED) is 0.935. The van der Waals surface area contributed by atoms with Crippen LogP contribution in [0.5, 0.6) is 0 Å². The maximum Gasteiger partial charge on any atom is 0.253 e. The van der Waals surface area contributed by atoms with Crippen molar-refractivity contribution in [3.63, 3.8) is 0 Å². The van der Waals surface area contributed by atoms with Crippen LogP contribution >= 0.6 is 11.6 Å². The summed E-state index contributed by atoms with van der Waals surface area (Å²) in [5, 5.41) is 3.69. The molecule has 0 amide bonds. The zero-order valence-electron chi connectivity index (χ0n) is 11.0. The number of anilines is 1. The zero-order valence-corrected chi connectivity index (χ0v) is 11.7. The van der Waals surface area contributed by atoms with Gasteiger partial charge in [0.25, 0.3) is 5.56 Å². The molecule has 0 aliphatic carbocycles. The molecule has 2 heterocycles. The van der Waals surface area contributed by atoms with E-state index in [-0.39, 0.29) is 5.56 Å². The summed E-state index contributed by atoms with van der Waals surface area (Å²) >= 11 is 6.13. The van der Waals surface area contributed by atoms with Gasteiger partial charge in [0.15, 0.2) is 0 Å². The van der Waals surface area contributed by atoms with Crippen LogP contribution < -0.4 is 10.9 Å². The third-order valence-corrected chi connectivity index (χ3v) is 3.15. The van der Waals surface area contributed by atoms with Gasteiger partial charge in [0.2, 0.25) is 0 Å². The van der Waals surface area contributed by atoms with Crippen LogP contribution in [0.25, 0.3) is 0 Å². The predicted octanol–water partition coefficient (Wildman–Crippen LogP) is 2.69. The Balaban J connectivity index is 2.34. The van der Waals surface area contributed by atoms with Crippen molar-refractivity contribution in [3.05, 3.63) is 57.1 Å². The van der Waals surface area contributed by atoms with Gasteiger partial charge in [0, 0.05) is 18.3 Å². The summed E-state index contributed by atoms with van der Waals surface area (Å²) < 4.78 is 1.61. The minimum Gasteiger partial charge on any atom is -0.370 e. The lowest BCUT2D eigenvalue weighted by atomic mass is 10.3. The molecule has 2 aromatic heterocycles. The molecule has 0 atom stereocenters. The summed E-state index contributed by atoms with van der Waals surface area (Å²) in [4.78, 5) is 16.4. The fourth-order valence-corrected chi connectivity index (χ4v) is 1.98. The maximum absolute atomic E-state index is 12.0. The Kier molecular flexibility index (Phi) is 4.22. The summed E-state index contributed by atoms with van der Waals surface area (Å²) in [5.74, 6) is 0.766. The van der Waals surface area contributed by atoms with E-state index in [0.717, 1.165) is 12.4 Å². The number of rotatable bonds is 4. The lowest BCUT2D eigenvalue weighted by molar-refractivity contribution is 0.734. The molecule has 0 aliphatic heterocycles. The molecule has 2 rings (SSSR count). The molecule has 0 saturated carbocycles. The number of aromatic nitrogens is 2. The third kappa shape index (κ3) is 3.15. The molecule has 0 aromatic carbocycles. The van der Waals surface area contributed by atoms with Crippen LogP contribution in [0.15, 0.2) is 35.3 Å². The fraction of sp³-hybridized carbons (Fsp3) is 0.286. The molecular weight excluding hydrogens is 262 g/mol. The SMILES string of the molecule is CCNc1ccc(Cl)c(Cn2cccc(C)c2=O)n1. The van der Waals surface area contributed by atoms with Gasteiger partial charge in [-0.1, -0.05) is 17.7 Å². The molecule has 5 heteroatoms. The fourth-order valence-electron chi connectivity index (χ4n) is 1.82. The molecule has 0 fully saturated rings. The number of aryl methyl sites for hydroxylation is 1.